The maximum Gasteiger partial charge on any atom is 0.0547 e. The summed E-state index contributed by atoms with van der Waals surface area (Å²) in [5.41, 5.74) is 9.31. The summed E-state index contributed by atoms with van der Waals surface area (Å²) in [5.74, 6) is 0. The van der Waals surface area contributed by atoms with Gasteiger partial charge in [-0.25, -0.2) is 0 Å². The molecule has 0 N–H and O–H groups in total. The molecule has 1 aromatic heterocycles. The molecule has 0 spiro atoms. The lowest BCUT2D eigenvalue weighted by atomic mass is 9.98. The molecule has 10 rings (SSSR count). The van der Waals surface area contributed by atoms with E-state index in [1.807, 2.05) is 0 Å². The fraction of sp³-hybridized carbons (Fsp3) is 0. The van der Waals surface area contributed by atoms with Gasteiger partial charge in [-0.15, -0.1) is 0 Å². The topological polar surface area (TPSA) is 8.17 Å². The average molecular weight is 637 g/mol. The molecule has 9 aromatic carbocycles. The SMILES string of the molecule is c1ccc(-c2cccc(N(c3ccc(-n4c5ccccc5c5c6ccccc6ccc54)cc3)c3cc4ccccc4c4ccccc34)c2)cc1. The Morgan fingerprint density at radius 2 is 0.980 bits per heavy atom. The fourth-order valence-corrected chi connectivity index (χ4v) is 7.87. The van der Waals surface area contributed by atoms with Crippen LogP contribution in [-0.4, -0.2) is 4.57 Å². The van der Waals surface area contributed by atoms with Crippen LogP contribution in [0.15, 0.2) is 194 Å². The molecule has 2 heteroatoms. The first-order valence-electron chi connectivity index (χ1n) is 17.2. The summed E-state index contributed by atoms with van der Waals surface area (Å²) in [6.45, 7) is 0. The highest BCUT2D eigenvalue weighted by Gasteiger charge is 2.19. The summed E-state index contributed by atoms with van der Waals surface area (Å²) in [6, 6.07) is 70.5. The second-order valence-corrected chi connectivity index (χ2v) is 13.0. The smallest absolute Gasteiger partial charge is 0.0547 e. The first-order chi connectivity index (χ1) is 24.8. The third-order valence-electron chi connectivity index (χ3n) is 10.1. The molecule has 0 unspecified atom stereocenters. The van der Waals surface area contributed by atoms with Crippen molar-refractivity contribution in [1.82, 2.24) is 4.57 Å². The number of hydrogen-bond donors (Lipinski definition) is 0. The monoisotopic (exact) mass is 636 g/mol. The van der Waals surface area contributed by atoms with Gasteiger partial charge in [0, 0.05) is 33.2 Å². The molecule has 0 atom stereocenters. The van der Waals surface area contributed by atoms with E-state index in [1.165, 1.54) is 65.3 Å². The first kappa shape index (κ1) is 28.4. The quantitative estimate of drug-likeness (QED) is 0.171. The average Bonchev–Trinajstić information content (AvgIpc) is 3.54. The van der Waals surface area contributed by atoms with E-state index in [-0.39, 0.29) is 0 Å². The zero-order chi connectivity index (χ0) is 33.0. The van der Waals surface area contributed by atoms with Gasteiger partial charge >= 0.3 is 0 Å². The van der Waals surface area contributed by atoms with Crippen LogP contribution in [0.4, 0.5) is 17.1 Å². The van der Waals surface area contributed by atoms with Crippen LogP contribution in [0.1, 0.15) is 0 Å². The van der Waals surface area contributed by atoms with Gasteiger partial charge in [0.2, 0.25) is 0 Å². The van der Waals surface area contributed by atoms with Gasteiger partial charge in [0.25, 0.3) is 0 Å². The van der Waals surface area contributed by atoms with Crippen LogP contribution < -0.4 is 4.90 Å². The molecule has 50 heavy (non-hydrogen) atoms. The Balaban J connectivity index is 1.20. The number of aromatic nitrogens is 1. The Morgan fingerprint density at radius 1 is 0.340 bits per heavy atom. The van der Waals surface area contributed by atoms with Gasteiger partial charge in [0.1, 0.15) is 0 Å². The Labute approximate surface area is 290 Å². The van der Waals surface area contributed by atoms with E-state index < -0.39 is 0 Å². The van der Waals surface area contributed by atoms with Gasteiger partial charge in [-0.2, -0.15) is 0 Å². The molecule has 234 valence electrons. The van der Waals surface area contributed by atoms with Gasteiger partial charge in [-0.05, 0) is 92.7 Å². The van der Waals surface area contributed by atoms with Gasteiger partial charge in [0.05, 0.1) is 16.7 Å². The molecule has 0 fully saturated rings. The molecule has 0 aliphatic rings. The van der Waals surface area contributed by atoms with E-state index in [4.69, 9.17) is 0 Å². The van der Waals surface area contributed by atoms with Crippen molar-refractivity contribution in [2.45, 2.75) is 0 Å². The largest absolute Gasteiger partial charge is 0.310 e. The number of rotatable bonds is 5. The molecule has 0 amide bonds. The van der Waals surface area contributed by atoms with Crippen LogP contribution in [0, 0.1) is 0 Å². The Kier molecular flexibility index (Phi) is 6.53. The Morgan fingerprint density at radius 3 is 1.80 bits per heavy atom. The van der Waals surface area contributed by atoms with Crippen molar-refractivity contribution in [2.75, 3.05) is 4.90 Å². The van der Waals surface area contributed by atoms with Crippen molar-refractivity contribution in [3.63, 3.8) is 0 Å². The van der Waals surface area contributed by atoms with Crippen LogP contribution in [0.2, 0.25) is 0 Å². The van der Waals surface area contributed by atoms with Crippen LogP contribution in [-0.2, 0) is 0 Å². The predicted octanol–water partition coefficient (Wildman–Crippen LogP) is 13.4. The zero-order valence-corrected chi connectivity index (χ0v) is 27.4. The summed E-state index contributed by atoms with van der Waals surface area (Å²) in [6.07, 6.45) is 0. The maximum absolute atomic E-state index is 2.42. The van der Waals surface area contributed by atoms with Crippen molar-refractivity contribution in [3.05, 3.63) is 194 Å². The highest BCUT2D eigenvalue weighted by Crippen LogP contribution is 2.44. The van der Waals surface area contributed by atoms with Crippen molar-refractivity contribution < 1.29 is 0 Å². The van der Waals surface area contributed by atoms with E-state index in [2.05, 4.69) is 204 Å². The molecule has 2 nitrogen and oxygen atoms in total. The highest BCUT2D eigenvalue weighted by atomic mass is 15.1. The molecular formula is C48H32N2. The minimum Gasteiger partial charge on any atom is -0.310 e. The van der Waals surface area contributed by atoms with Gasteiger partial charge < -0.3 is 9.47 Å². The summed E-state index contributed by atoms with van der Waals surface area (Å²) in [7, 11) is 0. The lowest BCUT2D eigenvalue weighted by Crippen LogP contribution is -2.11. The summed E-state index contributed by atoms with van der Waals surface area (Å²) < 4.78 is 2.41. The minimum atomic E-state index is 1.10. The normalized spacial score (nSPS) is 11.6. The molecule has 0 bridgehead atoms. The molecule has 0 aliphatic heterocycles. The third kappa shape index (κ3) is 4.50. The molecular weight excluding hydrogens is 605 g/mol. The number of fused-ring (bicyclic) bond motifs is 8. The van der Waals surface area contributed by atoms with Gasteiger partial charge in [-0.1, -0.05) is 140 Å². The predicted molar refractivity (Wildman–Crippen MR) is 213 cm³/mol. The van der Waals surface area contributed by atoms with Crippen LogP contribution in [0.5, 0.6) is 0 Å². The number of hydrogen-bond acceptors (Lipinski definition) is 1. The maximum atomic E-state index is 2.42. The van der Waals surface area contributed by atoms with Crippen molar-refractivity contribution in [3.8, 4) is 16.8 Å². The molecule has 0 saturated carbocycles. The number of anilines is 3. The van der Waals surface area contributed by atoms with Crippen molar-refractivity contribution in [1.29, 1.82) is 0 Å². The second kappa shape index (κ2) is 11.5. The van der Waals surface area contributed by atoms with E-state index in [0.717, 1.165) is 22.7 Å². The molecule has 0 saturated heterocycles. The number of benzene rings is 9. The first-order valence-corrected chi connectivity index (χ1v) is 17.2. The Hall–Kier alpha value is -6.64. The van der Waals surface area contributed by atoms with Crippen LogP contribution in [0.25, 0.3) is 70.9 Å². The molecule has 10 aromatic rings. The van der Waals surface area contributed by atoms with Crippen molar-refractivity contribution in [2.24, 2.45) is 0 Å². The van der Waals surface area contributed by atoms with Crippen LogP contribution in [0.3, 0.4) is 0 Å². The molecule has 1 heterocycles. The standard InChI is InChI=1S/C48H32N2/c1-2-13-33(14-3-1)35-17-12-18-39(31-35)49(47-32-36-16-5-6-19-40(36)42-21-8-9-22-43(42)47)37-26-28-38(29-27-37)50-45-24-11-10-23-44(45)48-41-20-7-4-15-34(41)25-30-46(48)50/h1-32H. The van der Waals surface area contributed by atoms with Crippen molar-refractivity contribution >= 4 is 71.2 Å². The molecule has 0 radical (unpaired) electrons. The lowest BCUT2D eigenvalue weighted by molar-refractivity contribution is 1.17. The summed E-state index contributed by atoms with van der Waals surface area (Å²) >= 11 is 0. The van der Waals surface area contributed by atoms with E-state index in [9.17, 15) is 0 Å². The summed E-state index contributed by atoms with van der Waals surface area (Å²) in [4.78, 5) is 2.42. The lowest BCUT2D eigenvalue weighted by Gasteiger charge is -2.28. The van der Waals surface area contributed by atoms with Gasteiger partial charge in [-0.3, -0.25) is 0 Å². The van der Waals surface area contributed by atoms with E-state index in [0.29, 0.717) is 0 Å². The summed E-state index contributed by atoms with van der Waals surface area (Å²) in [5, 5.41) is 10.1. The highest BCUT2D eigenvalue weighted by molar-refractivity contribution is 6.21. The number of para-hydroxylation sites is 1. The third-order valence-corrected chi connectivity index (χ3v) is 10.1. The molecule has 0 aliphatic carbocycles. The second-order valence-electron chi connectivity index (χ2n) is 13.0. The van der Waals surface area contributed by atoms with E-state index in [1.54, 1.807) is 0 Å². The fourth-order valence-electron chi connectivity index (χ4n) is 7.87. The minimum absolute atomic E-state index is 1.10. The Bertz CT molecular complexity index is 2860. The van der Waals surface area contributed by atoms with Crippen LogP contribution >= 0.6 is 0 Å². The zero-order valence-electron chi connectivity index (χ0n) is 27.4. The number of nitrogens with zero attached hydrogens (tertiary/aromatic N) is 2. The van der Waals surface area contributed by atoms with E-state index >= 15 is 0 Å². The van der Waals surface area contributed by atoms with Gasteiger partial charge in [0.15, 0.2) is 0 Å².